The fraction of sp³-hybridized carbons (Fsp3) is 0.111. The molecule has 0 unspecified atom stereocenters. The second-order valence-corrected chi connectivity index (χ2v) is 5.68. The average Bonchev–Trinajstić information content (AvgIpc) is 2.99. The number of benzene rings is 2. The smallest absolute Gasteiger partial charge is 0.343 e. The van der Waals surface area contributed by atoms with Gasteiger partial charge in [0.05, 0.1) is 18.9 Å². The summed E-state index contributed by atoms with van der Waals surface area (Å²) in [4.78, 5) is 12.2. The second kappa shape index (κ2) is 7.75. The van der Waals surface area contributed by atoms with Gasteiger partial charge < -0.3 is 9.47 Å². The summed E-state index contributed by atoms with van der Waals surface area (Å²) < 4.78 is 12.7. The average molecular weight is 368 g/mol. The normalized spacial score (nSPS) is 10.8. The van der Waals surface area contributed by atoms with Gasteiger partial charge in [-0.25, -0.2) is 4.79 Å². The number of H-pyrrole nitrogens is 1. The van der Waals surface area contributed by atoms with E-state index in [1.54, 1.807) is 55.6 Å². The number of nitrogens with one attached hydrogen (secondary N) is 1. The topological polar surface area (TPSA) is 81.5 Å². The molecule has 1 heterocycles. The van der Waals surface area contributed by atoms with Gasteiger partial charge in [0.25, 0.3) is 0 Å². The Labute approximate surface area is 154 Å². The first kappa shape index (κ1) is 17.6. The lowest BCUT2D eigenvalue weighted by molar-refractivity contribution is 0.0729. The van der Waals surface area contributed by atoms with Crippen molar-refractivity contribution in [3.63, 3.8) is 0 Å². The summed E-state index contributed by atoms with van der Waals surface area (Å²) >= 11 is 5.10. The molecule has 3 rings (SSSR count). The van der Waals surface area contributed by atoms with Gasteiger partial charge in [0.15, 0.2) is 11.5 Å². The van der Waals surface area contributed by atoms with Crippen LogP contribution in [0.15, 0.2) is 53.6 Å². The standard InChI is InChI=1S/C18H16N4O3S/c1-12-20-21-18(26)22(12)19-11-13-8-9-15(16(10-13)24-2)25-17(23)14-6-4-3-5-7-14/h3-11H,1-2H3,(H,21,26)/b19-11-. The van der Waals surface area contributed by atoms with Crippen LogP contribution >= 0.6 is 12.2 Å². The van der Waals surface area contributed by atoms with E-state index in [0.29, 0.717) is 27.7 Å². The number of nitrogens with zero attached hydrogens (tertiary/aromatic N) is 3. The molecule has 8 heteroatoms. The number of aromatic amines is 1. The summed E-state index contributed by atoms with van der Waals surface area (Å²) in [6, 6.07) is 13.9. The minimum atomic E-state index is -0.453. The van der Waals surface area contributed by atoms with E-state index in [9.17, 15) is 4.79 Å². The van der Waals surface area contributed by atoms with Gasteiger partial charge in [-0.1, -0.05) is 18.2 Å². The van der Waals surface area contributed by atoms with E-state index >= 15 is 0 Å². The summed E-state index contributed by atoms with van der Waals surface area (Å²) in [5, 5.41) is 10.9. The molecule has 1 aromatic heterocycles. The Morgan fingerprint density at radius 2 is 2.00 bits per heavy atom. The lowest BCUT2D eigenvalue weighted by Crippen LogP contribution is -2.09. The van der Waals surface area contributed by atoms with E-state index in [4.69, 9.17) is 21.7 Å². The molecule has 0 aliphatic carbocycles. The maximum atomic E-state index is 12.2. The number of aromatic nitrogens is 3. The van der Waals surface area contributed by atoms with Crippen LogP contribution in [0.3, 0.4) is 0 Å². The van der Waals surface area contributed by atoms with Crippen LogP contribution in [0.5, 0.6) is 11.5 Å². The Hall–Kier alpha value is -3.26. The lowest BCUT2D eigenvalue weighted by Gasteiger charge is -2.10. The molecule has 0 amide bonds. The molecular formula is C18H16N4O3S. The molecule has 26 heavy (non-hydrogen) atoms. The van der Waals surface area contributed by atoms with Gasteiger partial charge >= 0.3 is 5.97 Å². The van der Waals surface area contributed by atoms with Crippen molar-refractivity contribution < 1.29 is 14.3 Å². The highest BCUT2D eigenvalue weighted by molar-refractivity contribution is 7.71. The molecule has 132 valence electrons. The molecular weight excluding hydrogens is 352 g/mol. The number of carbonyl (C=O) groups excluding carboxylic acids is 1. The van der Waals surface area contributed by atoms with E-state index in [1.807, 2.05) is 6.07 Å². The number of hydrogen-bond acceptors (Lipinski definition) is 6. The highest BCUT2D eigenvalue weighted by Crippen LogP contribution is 2.28. The maximum absolute atomic E-state index is 12.2. The molecule has 0 saturated carbocycles. The SMILES string of the molecule is COc1cc(/C=N\n2c(C)n[nH]c2=S)ccc1OC(=O)c1ccccc1. The number of esters is 1. The zero-order chi connectivity index (χ0) is 18.5. The van der Waals surface area contributed by atoms with Crippen LogP contribution in [0.1, 0.15) is 21.7 Å². The number of methoxy groups -OCH3 is 1. The van der Waals surface area contributed by atoms with Crippen LogP contribution < -0.4 is 9.47 Å². The van der Waals surface area contributed by atoms with Crippen LogP contribution in [0.2, 0.25) is 0 Å². The Morgan fingerprint density at radius 1 is 1.23 bits per heavy atom. The van der Waals surface area contributed by atoms with Crippen molar-refractivity contribution in [2.45, 2.75) is 6.92 Å². The largest absolute Gasteiger partial charge is 0.493 e. The van der Waals surface area contributed by atoms with E-state index in [1.165, 1.54) is 11.8 Å². The highest BCUT2D eigenvalue weighted by Gasteiger charge is 2.12. The first-order valence-corrected chi connectivity index (χ1v) is 8.13. The van der Waals surface area contributed by atoms with Crippen molar-refractivity contribution in [1.29, 1.82) is 0 Å². The first-order valence-electron chi connectivity index (χ1n) is 7.72. The van der Waals surface area contributed by atoms with Gasteiger partial charge in [0.2, 0.25) is 4.77 Å². The number of rotatable bonds is 5. The van der Waals surface area contributed by atoms with Gasteiger partial charge in [-0.3, -0.25) is 5.10 Å². The van der Waals surface area contributed by atoms with E-state index in [2.05, 4.69) is 15.3 Å². The molecule has 1 N–H and O–H groups in total. The van der Waals surface area contributed by atoms with Gasteiger partial charge in [-0.05, 0) is 55.0 Å². The fourth-order valence-corrected chi connectivity index (χ4v) is 2.44. The van der Waals surface area contributed by atoms with Crippen molar-refractivity contribution in [2.24, 2.45) is 5.10 Å². The van der Waals surface area contributed by atoms with Crippen molar-refractivity contribution >= 4 is 24.4 Å². The van der Waals surface area contributed by atoms with Crippen LogP contribution in [-0.2, 0) is 0 Å². The molecule has 3 aromatic rings. The van der Waals surface area contributed by atoms with E-state index in [0.717, 1.165) is 5.56 Å². The molecule has 7 nitrogen and oxygen atoms in total. The first-order chi connectivity index (χ1) is 12.6. The van der Waals surface area contributed by atoms with Crippen molar-refractivity contribution in [2.75, 3.05) is 7.11 Å². The molecule has 0 aliphatic heterocycles. The second-order valence-electron chi connectivity index (χ2n) is 5.30. The molecule has 0 atom stereocenters. The molecule has 0 aliphatic rings. The molecule has 0 spiro atoms. The number of hydrogen-bond donors (Lipinski definition) is 1. The monoisotopic (exact) mass is 368 g/mol. The van der Waals surface area contributed by atoms with Crippen LogP contribution in [0.4, 0.5) is 0 Å². The predicted octanol–water partition coefficient (Wildman–Crippen LogP) is 3.36. The van der Waals surface area contributed by atoms with E-state index < -0.39 is 5.97 Å². The van der Waals surface area contributed by atoms with Crippen LogP contribution in [0.25, 0.3) is 0 Å². The third kappa shape index (κ3) is 3.86. The molecule has 0 bridgehead atoms. The Morgan fingerprint density at radius 3 is 2.65 bits per heavy atom. The third-order valence-corrected chi connectivity index (χ3v) is 3.80. The zero-order valence-corrected chi connectivity index (χ0v) is 15.0. The van der Waals surface area contributed by atoms with Gasteiger partial charge in [-0.15, -0.1) is 0 Å². The zero-order valence-electron chi connectivity index (χ0n) is 14.2. The fourth-order valence-electron chi connectivity index (χ4n) is 2.21. The van der Waals surface area contributed by atoms with Gasteiger partial charge in [0, 0.05) is 0 Å². The summed E-state index contributed by atoms with van der Waals surface area (Å²) in [7, 11) is 1.51. The molecule has 0 radical (unpaired) electrons. The highest BCUT2D eigenvalue weighted by atomic mass is 32.1. The summed E-state index contributed by atoms with van der Waals surface area (Å²) in [6.45, 7) is 1.79. The third-order valence-electron chi connectivity index (χ3n) is 3.53. The Balaban J connectivity index is 1.82. The van der Waals surface area contributed by atoms with Crippen molar-refractivity contribution in [1.82, 2.24) is 14.9 Å². The minimum absolute atomic E-state index is 0.328. The predicted molar refractivity (Wildman–Crippen MR) is 99.5 cm³/mol. The lowest BCUT2D eigenvalue weighted by atomic mass is 10.2. The molecule has 2 aromatic carbocycles. The molecule has 0 fully saturated rings. The van der Waals surface area contributed by atoms with Crippen LogP contribution in [0, 0.1) is 11.7 Å². The maximum Gasteiger partial charge on any atom is 0.343 e. The number of carbonyl (C=O) groups is 1. The Bertz CT molecular complexity index is 1010. The number of ether oxygens (including phenoxy) is 2. The van der Waals surface area contributed by atoms with Crippen LogP contribution in [-0.4, -0.2) is 34.2 Å². The molecule has 0 saturated heterocycles. The Kier molecular flexibility index (Phi) is 5.23. The minimum Gasteiger partial charge on any atom is -0.493 e. The summed E-state index contributed by atoms with van der Waals surface area (Å²) in [6.07, 6.45) is 1.61. The quantitative estimate of drug-likeness (QED) is 0.323. The van der Waals surface area contributed by atoms with Gasteiger partial charge in [0.1, 0.15) is 5.82 Å². The van der Waals surface area contributed by atoms with Crippen molar-refractivity contribution in [3.8, 4) is 11.5 Å². The number of aryl methyl sites for hydroxylation is 1. The summed E-state index contributed by atoms with van der Waals surface area (Å²) in [5.74, 6) is 0.942. The van der Waals surface area contributed by atoms with Crippen molar-refractivity contribution in [3.05, 3.63) is 70.3 Å². The van der Waals surface area contributed by atoms with Gasteiger partial charge in [-0.2, -0.15) is 14.9 Å². The van der Waals surface area contributed by atoms with E-state index in [-0.39, 0.29) is 0 Å². The summed E-state index contributed by atoms with van der Waals surface area (Å²) in [5.41, 5.74) is 1.22.